The second-order valence-corrected chi connectivity index (χ2v) is 7.33. The average molecular weight is 389 g/mol. The Morgan fingerprint density at radius 1 is 0.556 bits per heavy atom. The first-order chi connectivity index (χ1) is 12.8. The van der Waals surface area contributed by atoms with Crippen molar-refractivity contribution in [3.63, 3.8) is 0 Å². The zero-order chi connectivity index (χ0) is 22.5. The van der Waals surface area contributed by atoms with Gasteiger partial charge in [0.25, 0.3) is 0 Å². The lowest BCUT2D eigenvalue weighted by Crippen LogP contribution is -1.93. The van der Waals surface area contributed by atoms with Gasteiger partial charge in [0.15, 0.2) is 0 Å². The molecule has 0 aliphatic heterocycles. The van der Waals surface area contributed by atoms with Crippen LogP contribution in [0.3, 0.4) is 0 Å². The predicted octanol–water partition coefficient (Wildman–Crippen LogP) is 10.3. The first-order valence-electron chi connectivity index (χ1n) is 12.3. The molecule has 1 nitrogen and oxygen atoms in total. The third kappa shape index (κ3) is 66.8. The molecule has 0 amide bonds. The van der Waals surface area contributed by atoms with E-state index in [1.165, 1.54) is 84.5 Å². The van der Waals surface area contributed by atoms with Crippen molar-refractivity contribution in [1.82, 2.24) is 0 Å². The maximum Gasteiger partial charge on any atom is 0.126 e. The second kappa shape index (κ2) is 40.4. The van der Waals surface area contributed by atoms with E-state index in [4.69, 9.17) is 0 Å². The van der Waals surface area contributed by atoms with E-state index in [-0.39, 0.29) is 5.78 Å². The number of hydrogen-bond donors (Lipinski definition) is 0. The highest BCUT2D eigenvalue weighted by Gasteiger charge is 1.99. The Kier molecular flexibility index (Phi) is 56.0. The van der Waals surface area contributed by atoms with Crippen LogP contribution in [0.15, 0.2) is 0 Å². The van der Waals surface area contributed by atoms with Crippen LogP contribution < -0.4 is 0 Å². The normalized spacial score (nSPS) is 9.96. The summed E-state index contributed by atoms with van der Waals surface area (Å²) < 4.78 is 0. The van der Waals surface area contributed by atoms with Crippen LogP contribution in [0.25, 0.3) is 0 Å². The highest BCUT2D eigenvalue weighted by Crippen LogP contribution is 2.14. The lowest BCUT2D eigenvalue weighted by Gasteiger charge is -2.08. The molecule has 0 aromatic carbocycles. The Balaban J connectivity index is -0.0000000868. The Bertz CT molecular complexity index is 198. The van der Waals surface area contributed by atoms with Gasteiger partial charge < -0.3 is 4.79 Å². The molecule has 0 rings (SSSR count). The van der Waals surface area contributed by atoms with Gasteiger partial charge in [-0.05, 0) is 25.7 Å². The van der Waals surface area contributed by atoms with Gasteiger partial charge in [0, 0.05) is 0 Å². The molecule has 1 heteroatoms. The summed E-state index contributed by atoms with van der Waals surface area (Å²) in [5.74, 6) is 2.11. The quantitative estimate of drug-likeness (QED) is 0.344. The summed E-state index contributed by atoms with van der Waals surface area (Å²) in [5.41, 5.74) is 0. The number of Topliss-reactive ketones (excluding diaryl/α,β-unsaturated/α-hetero) is 1. The van der Waals surface area contributed by atoms with E-state index in [0.29, 0.717) is 0 Å². The summed E-state index contributed by atoms with van der Waals surface area (Å²) >= 11 is 0. The Labute approximate surface area is 176 Å². The molecule has 0 aliphatic carbocycles. The molecule has 0 aliphatic rings. The maximum atomic E-state index is 9.44. The molecular weight excluding hydrogens is 328 g/mol. The number of carbonyl (C=O) groups excluding carboxylic acids is 1. The zero-order valence-electron chi connectivity index (χ0n) is 21.8. The summed E-state index contributed by atoms with van der Waals surface area (Å²) in [4.78, 5) is 9.44. The number of rotatable bonds is 11. The van der Waals surface area contributed by atoms with Gasteiger partial charge in [-0.3, -0.25) is 0 Å². The Hall–Kier alpha value is -0.330. The summed E-state index contributed by atoms with van der Waals surface area (Å²) in [6, 6.07) is 0. The minimum Gasteiger partial charge on any atom is -0.300 e. The highest BCUT2D eigenvalue weighted by atomic mass is 16.1. The van der Waals surface area contributed by atoms with Crippen molar-refractivity contribution >= 4 is 5.78 Å². The molecule has 0 saturated heterocycles. The molecule has 0 N–H and O–H groups in total. The Morgan fingerprint density at radius 2 is 0.778 bits per heavy atom. The van der Waals surface area contributed by atoms with Gasteiger partial charge in [0.2, 0.25) is 0 Å². The van der Waals surface area contributed by atoms with Crippen molar-refractivity contribution in [2.24, 2.45) is 11.8 Å². The van der Waals surface area contributed by atoms with E-state index in [2.05, 4.69) is 41.5 Å². The summed E-state index contributed by atoms with van der Waals surface area (Å²) in [6.07, 6.45) is 15.4. The average Bonchev–Trinajstić information content (AvgIpc) is 2.66. The van der Waals surface area contributed by atoms with Crippen LogP contribution in [0.4, 0.5) is 0 Å². The van der Waals surface area contributed by atoms with Crippen LogP contribution >= 0.6 is 0 Å². The summed E-state index contributed by atoms with van der Waals surface area (Å²) in [6.45, 7) is 24.9. The molecule has 0 fully saturated rings. The first-order valence-corrected chi connectivity index (χ1v) is 12.3. The molecule has 0 saturated carbocycles. The monoisotopic (exact) mass is 388 g/mol. The van der Waals surface area contributed by atoms with Gasteiger partial charge in [-0.15, -0.1) is 0 Å². The molecule has 27 heavy (non-hydrogen) atoms. The van der Waals surface area contributed by atoms with E-state index >= 15 is 0 Å². The molecule has 0 spiro atoms. The van der Waals surface area contributed by atoms with E-state index < -0.39 is 0 Å². The largest absolute Gasteiger partial charge is 0.300 e. The molecule has 1 unspecified atom stereocenters. The van der Waals surface area contributed by atoms with E-state index in [9.17, 15) is 4.79 Å². The maximum absolute atomic E-state index is 9.44. The van der Waals surface area contributed by atoms with Crippen LogP contribution in [0, 0.1) is 11.8 Å². The molecule has 0 aromatic rings. The van der Waals surface area contributed by atoms with Gasteiger partial charge in [-0.1, -0.05) is 140 Å². The van der Waals surface area contributed by atoms with E-state index in [1.807, 2.05) is 27.7 Å². The zero-order valence-corrected chi connectivity index (χ0v) is 21.8. The first kappa shape index (κ1) is 37.4. The van der Waals surface area contributed by atoms with Gasteiger partial charge in [0.1, 0.15) is 5.78 Å². The molecule has 170 valence electrons. The lowest BCUT2D eigenvalue weighted by molar-refractivity contribution is -0.114. The number of ketones is 1. The van der Waals surface area contributed by atoms with Crippen LogP contribution in [0.1, 0.15) is 154 Å². The van der Waals surface area contributed by atoms with Crippen molar-refractivity contribution in [2.45, 2.75) is 154 Å². The molecule has 0 heterocycles. The standard InChI is InChI=1S/C10H22.C9H20.C3H6O.2C2H6/c1-4-6-8-10(3)9-7-5-2;1-4-6-8-9(3)7-5-2;1-3(2)4;2*1-2/h10H,4-9H2,1-3H3;9H,4-8H2,1-3H3;1-2H3;2*1-2H3. The molecular formula is C26H60O. The van der Waals surface area contributed by atoms with Crippen molar-refractivity contribution in [1.29, 1.82) is 0 Å². The van der Waals surface area contributed by atoms with Crippen LogP contribution in [0.2, 0.25) is 0 Å². The summed E-state index contributed by atoms with van der Waals surface area (Å²) in [7, 11) is 0. The van der Waals surface area contributed by atoms with Crippen molar-refractivity contribution in [3.8, 4) is 0 Å². The molecule has 0 bridgehead atoms. The van der Waals surface area contributed by atoms with Gasteiger partial charge >= 0.3 is 0 Å². The Morgan fingerprint density at radius 3 is 0.963 bits per heavy atom. The fourth-order valence-electron chi connectivity index (χ4n) is 2.44. The molecule has 1 atom stereocenters. The lowest BCUT2D eigenvalue weighted by atomic mass is 9.98. The number of hydrogen-bond acceptors (Lipinski definition) is 1. The number of unbranched alkanes of at least 4 members (excludes halogenated alkanes) is 3. The number of carbonyl (C=O) groups is 1. The van der Waals surface area contributed by atoms with Crippen molar-refractivity contribution in [2.75, 3.05) is 0 Å². The van der Waals surface area contributed by atoms with Crippen molar-refractivity contribution < 1.29 is 4.79 Å². The minimum atomic E-state index is 0.167. The topological polar surface area (TPSA) is 17.1 Å². The second-order valence-electron chi connectivity index (χ2n) is 7.33. The van der Waals surface area contributed by atoms with Crippen LogP contribution in [0.5, 0.6) is 0 Å². The van der Waals surface area contributed by atoms with Crippen LogP contribution in [-0.4, -0.2) is 5.78 Å². The van der Waals surface area contributed by atoms with Crippen molar-refractivity contribution in [3.05, 3.63) is 0 Å². The third-order valence-corrected chi connectivity index (χ3v) is 3.93. The smallest absolute Gasteiger partial charge is 0.126 e. The van der Waals surface area contributed by atoms with E-state index in [0.717, 1.165) is 11.8 Å². The van der Waals surface area contributed by atoms with Gasteiger partial charge in [-0.2, -0.15) is 0 Å². The minimum absolute atomic E-state index is 0.167. The highest BCUT2D eigenvalue weighted by molar-refractivity contribution is 5.72. The fourth-order valence-corrected chi connectivity index (χ4v) is 2.44. The van der Waals surface area contributed by atoms with Crippen LogP contribution in [-0.2, 0) is 4.79 Å². The van der Waals surface area contributed by atoms with Gasteiger partial charge in [0.05, 0.1) is 0 Å². The van der Waals surface area contributed by atoms with E-state index in [1.54, 1.807) is 0 Å². The molecule has 0 radical (unpaired) electrons. The summed E-state index contributed by atoms with van der Waals surface area (Å²) in [5, 5.41) is 0. The third-order valence-electron chi connectivity index (χ3n) is 3.93. The molecule has 0 aromatic heterocycles. The SMILES string of the molecule is CC.CC.CC(C)=O.CCCCC(C)CCC.CCCCC(C)CCCC. The fraction of sp³-hybridized carbons (Fsp3) is 0.962. The van der Waals surface area contributed by atoms with Gasteiger partial charge in [-0.25, -0.2) is 0 Å². The predicted molar refractivity (Wildman–Crippen MR) is 131 cm³/mol.